The Morgan fingerprint density at radius 1 is 1.18 bits per heavy atom. The lowest BCUT2D eigenvalue weighted by Crippen LogP contribution is -2.17. The van der Waals surface area contributed by atoms with Gasteiger partial charge in [0.25, 0.3) is 0 Å². The van der Waals surface area contributed by atoms with Crippen molar-refractivity contribution in [2.75, 3.05) is 0 Å². The van der Waals surface area contributed by atoms with E-state index in [-0.39, 0.29) is 5.02 Å². The first kappa shape index (κ1) is 16.9. The Kier molecular flexibility index (Phi) is 3.88. The van der Waals surface area contributed by atoms with E-state index in [0.29, 0.717) is 34.3 Å². The van der Waals surface area contributed by atoms with E-state index in [4.69, 9.17) is 11.6 Å². The molecule has 1 aliphatic carbocycles. The number of aromatic nitrogens is 5. The van der Waals surface area contributed by atoms with Gasteiger partial charge in [-0.3, -0.25) is 0 Å². The van der Waals surface area contributed by atoms with E-state index in [1.807, 2.05) is 12.1 Å². The smallest absolute Gasteiger partial charge is 0.162 e. The summed E-state index contributed by atoms with van der Waals surface area (Å²) in [5.74, 6) is -0.470. The molecule has 0 N–H and O–H groups in total. The summed E-state index contributed by atoms with van der Waals surface area (Å²) < 4.78 is 17.3. The molecule has 0 radical (unpaired) electrons. The van der Waals surface area contributed by atoms with Crippen LogP contribution in [0.2, 0.25) is 5.02 Å². The van der Waals surface area contributed by atoms with Crippen molar-refractivity contribution in [2.45, 2.75) is 25.3 Å². The lowest BCUT2D eigenvalue weighted by atomic mass is 9.92. The van der Waals surface area contributed by atoms with E-state index in [1.165, 1.54) is 23.2 Å². The minimum Gasteiger partial charge on any atom is -0.326 e. The molecule has 138 valence electrons. The molecule has 4 aromatic rings. The number of fused-ring (bicyclic) bond motifs is 1. The first-order chi connectivity index (χ1) is 13.7. The Hall–Kier alpha value is -3.24. The average Bonchev–Trinajstić information content (AvgIpc) is 3.26. The van der Waals surface area contributed by atoms with Crippen molar-refractivity contribution in [3.63, 3.8) is 0 Å². The maximum atomic E-state index is 13.6. The lowest BCUT2D eigenvalue weighted by Gasteiger charge is -2.28. The monoisotopic (exact) mass is 392 g/mol. The molecule has 0 bridgehead atoms. The first-order valence-electron chi connectivity index (χ1n) is 8.93. The number of hydrogen-bond acceptors (Lipinski definition) is 4. The van der Waals surface area contributed by atoms with Crippen LogP contribution in [-0.2, 0) is 0 Å². The molecule has 1 aromatic carbocycles. The molecule has 5 rings (SSSR count). The molecule has 3 aromatic heterocycles. The minimum atomic E-state index is -0.470. The van der Waals surface area contributed by atoms with E-state index < -0.39 is 5.82 Å². The van der Waals surface area contributed by atoms with Crippen molar-refractivity contribution in [3.05, 3.63) is 59.4 Å². The van der Waals surface area contributed by atoms with Crippen LogP contribution in [0, 0.1) is 17.1 Å². The summed E-state index contributed by atoms with van der Waals surface area (Å²) in [5, 5.41) is 14.0. The van der Waals surface area contributed by atoms with Gasteiger partial charge in [-0.1, -0.05) is 11.6 Å². The third-order valence-corrected chi connectivity index (χ3v) is 5.46. The van der Waals surface area contributed by atoms with E-state index >= 15 is 0 Å². The zero-order chi connectivity index (χ0) is 19.3. The van der Waals surface area contributed by atoms with Crippen LogP contribution in [0.5, 0.6) is 0 Å². The highest BCUT2D eigenvalue weighted by atomic mass is 35.5. The molecule has 0 amide bonds. The molecule has 3 heterocycles. The number of rotatable bonds is 3. The number of imidazole rings is 2. The van der Waals surface area contributed by atoms with Crippen LogP contribution in [0.4, 0.5) is 4.39 Å². The molecule has 8 heteroatoms. The Bertz CT molecular complexity index is 1250. The quantitative estimate of drug-likeness (QED) is 0.508. The standard InChI is InChI=1S/C20H14ClFN6/c21-15-8-12(4-5-16(15)22)19-20(27(11-25-19)13-2-1-3-13)17-6-7-18-24-10-14(9-23)28(18)26-17/h4-8,10-11,13H,1-3H2. The number of hydrogen-bond donors (Lipinski definition) is 0. The average molecular weight is 393 g/mol. The summed E-state index contributed by atoms with van der Waals surface area (Å²) >= 11 is 6.00. The number of halogens is 2. The Morgan fingerprint density at radius 2 is 2.04 bits per heavy atom. The van der Waals surface area contributed by atoms with E-state index in [2.05, 4.69) is 25.7 Å². The molecular weight excluding hydrogens is 379 g/mol. The van der Waals surface area contributed by atoms with Gasteiger partial charge >= 0.3 is 0 Å². The molecule has 1 aliphatic rings. The fraction of sp³-hybridized carbons (Fsp3) is 0.200. The second-order valence-electron chi connectivity index (χ2n) is 6.81. The summed E-state index contributed by atoms with van der Waals surface area (Å²) in [5.41, 5.74) is 3.85. The molecule has 6 nitrogen and oxygen atoms in total. The molecule has 1 fully saturated rings. The second-order valence-corrected chi connectivity index (χ2v) is 7.21. The van der Waals surface area contributed by atoms with Gasteiger partial charge in [-0.25, -0.2) is 18.9 Å². The van der Waals surface area contributed by atoms with Gasteiger partial charge in [-0.2, -0.15) is 10.4 Å². The van der Waals surface area contributed by atoms with Gasteiger partial charge in [0, 0.05) is 11.6 Å². The van der Waals surface area contributed by atoms with Gasteiger partial charge in [-0.05, 0) is 49.6 Å². The zero-order valence-electron chi connectivity index (χ0n) is 14.7. The summed E-state index contributed by atoms with van der Waals surface area (Å²) in [6, 6.07) is 10.7. The summed E-state index contributed by atoms with van der Waals surface area (Å²) in [6.07, 6.45) is 6.62. The molecule has 1 saturated carbocycles. The molecule has 0 unspecified atom stereocenters. The Balaban J connectivity index is 1.74. The molecule has 0 aliphatic heterocycles. The highest BCUT2D eigenvalue weighted by Crippen LogP contribution is 2.39. The van der Waals surface area contributed by atoms with Gasteiger partial charge in [0.05, 0.1) is 28.9 Å². The SMILES string of the molecule is N#Cc1cnc2ccc(-c3c(-c4ccc(F)c(Cl)c4)ncn3C3CCC3)nn12. The van der Waals surface area contributed by atoms with Crippen LogP contribution in [0.15, 0.2) is 42.9 Å². The van der Waals surface area contributed by atoms with Gasteiger partial charge in [0.1, 0.15) is 17.6 Å². The molecule has 0 spiro atoms. The largest absolute Gasteiger partial charge is 0.326 e. The third-order valence-electron chi connectivity index (χ3n) is 5.17. The van der Waals surface area contributed by atoms with Gasteiger partial charge < -0.3 is 4.57 Å². The molecular formula is C20H14ClFN6. The van der Waals surface area contributed by atoms with Gasteiger partial charge in [0.15, 0.2) is 11.3 Å². The number of nitrogens with zero attached hydrogens (tertiary/aromatic N) is 6. The summed E-state index contributed by atoms with van der Waals surface area (Å²) in [7, 11) is 0. The van der Waals surface area contributed by atoms with Crippen LogP contribution in [0.1, 0.15) is 31.0 Å². The maximum absolute atomic E-state index is 13.6. The zero-order valence-corrected chi connectivity index (χ0v) is 15.4. The van der Waals surface area contributed by atoms with E-state index in [1.54, 1.807) is 18.5 Å². The predicted molar refractivity (Wildman–Crippen MR) is 102 cm³/mol. The summed E-state index contributed by atoms with van der Waals surface area (Å²) in [4.78, 5) is 8.79. The maximum Gasteiger partial charge on any atom is 0.162 e. The van der Waals surface area contributed by atoms with Gasteiger partial charge in [-0.15, -0.1) is 0 Å². The number of benzene rings is 1. The molecule has 0 atom stereocenters. The van der Waals surface area contributed by atoms with Crippen molar-refractivity contribution in [2.24, 2.45) is 0 Å². The Labute approximate surface area is 164 Å². The third kappa shape index (κ3) is 2.57. The van der Waals surface area contributed by atoms with Crippen molar-refractivity contribution in [1.29, 1.82) is 5.26 Å². The first-order valence-corrected chi connectivity index (χ1v) is 9.31. The van der Waals surface area contributed by atoms with Crippen molar-refractivity contribution in [3.8, 4) is 28.7 Å². The van der Waals surface area contributed by atoms with E-state index in [9.17, 15) is 9.65 Å². The van der Waals surface area contributed by atoms with Crippen molar-refractivity contribution < 1.29 is 4.39 Å². The summed E-state index contributed by atoms with van der Waals surface area (Å²) in [6.45, 7) is 0. The van der Waals surface area contributed by atoms with Crippen molar-refractivity contribution >= 4 is 17.2 Å². The van der Waals surface area contributed by atoms with Crippen LogP contribution < -0.4 is 0 Å². The lowest BCUT2D eigenvalue weighted by molar-refractivity contribution is 0.315. The predicted octanol–water partition coefficient (Wildman–Crippen LogP) is 4.65. The Morgan fingerprint density at radius 3 is 2.75 bits per heavy atom. The highest BCUT2D eigenvalue weighted by Gasteiger charge is 2.26. The van der Waals surface area contributed by atoms with Crippen molar-refractivity contribution in [1.82, 2.24) is 24.1 Å². The molecule has 0 saturated heterocycles. The van der Waals surface area contributed by atoms with Crippen LogP contribution in [0.25, 0.3) is 28.3 Å². The fourth-order valence-corrected chi connectivity index (χ4v) is 3.67. The minimum absolute atomic E-state index is 0.0476. The van der Waals surface area contributed by atoms with E-state index in [0.717, 1.165) is 18.5 Å². The topological polar surface area (TPSA) is 71.8 Å². The molecule has 28 heavy (non-hydrogen) atoms. The van der Waals surface area contributed by atoms with Crippen LogP contribution in [-0.4, -0.2) is 24.1 Å². The second kappa shape index (κ2) is 6.43. The normalized spacial score (nSPS) is 14.2. The van der Waals surface area contributed by atoms with Gasteiger partial charge in [0.2, 0.25) is 0 Å². The fourth-order valence-electron chi connectivity index (χ4n) is 3.49. The van der Waals surface area contributed by atoms with Crippen LogP contribution >= 0.6 is 11.6 Å². The van der Waals surface area contributed by atoms with Crippen LogP contribution in [0.3, 0.4) is 0 Å². The number of nitriles is 1. The highest BCUT2D eigenvalue weighted by molar-refractivity contribution is 6.31.